The minimum Gasteiger partial charge on any atom is -0.381 e. The van der Waals surface area contributed by atoms with Crippen LogP contribution < -0.4 is 0 Å². The van der Waals surface area contributed by atoms with Crippen molar-refractivity contribution in [2.75, 3.05) is 19.8 Å². The van der Waals surface area contributed by atoms with Crippen LogP contribution in [0.2, 0.25) is 0 Å². The number of ether oxygens (including phenoxy) is 1. The van der Waals surface area contributed by atoms with Gasteiger partial charge in [0.1, 0.15) is 5.76 Å². The maximum absolute atomic E-state index is 5.70. The predicted octanol–water partition coefficient (Wildman–Crippen LogP) is 2.64. The molecule has 0 spiro atoms. The fourth-order valence-electron chi connectivity index (χ4n) is 3.27. The Morgan fingerprint density at radius 1 is 1.35 bits per heavy atom. The first-order chi connectivity index (χ1) is 11.1. The third-order valence-electron chi connectivity index (χ3n) is 4.54. The van der Waals surface area contributed by atoms with E-state index < -0.39 is 0 Å². The van der Waals surface area contributed by atoms with Gasteiger partial charge in [-0.2, -0.15) is 5.10 Å². The fourth-order valence-corrected chi connectivity index (χ4v) is 3.27. The Kier molecular flexibility index (Phi) is 4.82. The number of nitrogens with zero attached hydrogens (tertiary/aromatic N) is 4. The van der Waals surface area contributed by atoms with E-state index in [2.05, 4.69) is 23.2 Å². The average Bonchev–Trinajstić information content (AvgIpc) is 3.10. The highest BCUT2D eigenvalue weighted by Gasteiger charge is 2.29. The van der Waals surface area contributed by atoms with Gasteiger partial charge in [-0.05, 0) is 27.7 Å². The van der Waals surface area contributed by atoms with Gasteiger partial charge in [0.2, 0.25) is 0 Å². The number of fused-ring (bicyclic) bond motifs is 1. The molecule has 6 nitrogen and oxygen atoms in total. The van der Waals surface area contributed by atoms with E-state index in [0.717, 1.165) is 50.8 Å². The summed E-state index contributed by atoms with van der Waals surface area (Å²) in [7, 11) is 0. The zero-order chi connectivity index (χ0) is 16.4. The van der Waals surface area contributed by atoms with Gasteiger partial charge in [0, 0.05) is 56.0 Å². The first-order valence-corrected chi connectivity index (χ1v) is 8.40. The molecule has 6 heteroatoms. The van der Waals surface area contributed by atoms with Crippen LogP contribution in [0.4, 0.5) is 0 Å². The SMILES string of the molecule is CCOCC1CN(Cc2c(C)noc2C)Cc2cn(CC)nc21. The van der Waals surface area contributed by atoms with Crippen LogP contribution in [0, 0.1) is 13.8 Å². The van der Waals surface area contributed by atoms with Crippen LogP contribution in [-0.4, -0.2) is 39.6 Å². The number of aryl methyl sites for hydroxylation is 3. The van der Waals surface area contributed by atoms with Crippen LogP contribution in [0.5, 0.6) is 0 Å². The van der Waals surface area contributed by atoms with Crippen molar-refractivity contribution in [3.63, 3.8) is 0 Å². The van der Waals surface area contributed by atoms with Crippen molar-refractivity contribution in [3.8, 4) is 0 Å². The summed E-state index contributed by atoms with van der Waals surface area (Å²) < 4.78 is 13.0. The first-order valence-electron chi connectivity index (χ1n) is 8.40. The molecule has 0 aromatic carbocycles. The van der Waals surface area contributed by atoms with E-state index in [0.29, 0.717) is 5.92 Å². The van der Waals surface area contributed by atoms with Crippen LogP contribution in [0.15, 0.2) is 10.7 Å². The Morgan fingerprint density at radius 3 is 2.83 bits per heavy atom. The first kappa shape index (κ1) is 16.2. The second kappa shape index (κ2) is 6.84. The maximum Gasteiger partial charge on any atom is 0.138 e. The summed E-state index contributed by atoms with van der Waals surface area (Å²) >= 11 is 0. The molecule has 0 saturated heterocycles. The summed E-state index contributed by atoms with van der Waals surface area (Å²) in [5.41, 5.74) is 4.70. The van der Waals surface area contributed by atoms with E-state index >= 15 is 0 Å². The summed E-state index contributed by atoms with van der Waals surface area (Å²) in [5, 5.41) is 8.82. The molecule has 0 fully saturated rings. The van der Waals surface area contributed by atoms with Gasteiger partial charge in [-0.25, -0.2) is 0 Å². The van der Waals surface area contributed by atoms with Crippen LogP contribution in [0.3, 0.4) is 0 Å². The molecule has 1 aliphatic heterocycles. The van der Waals surface area contributed by atoms with E-state index in [9.17, 15) is 0 Å². The zero-order valence-electron chi connectivity index (χ0n) is 14.5. The average molecular weight is 318 g/mol. The van der Waals surface area contributed by atoms with E-state index in [1.807, 2.05) is 25.5 Å². The molecular formula is C17H26N4O2. The minimum atomic E-state index is 0.326. The molecule has 1 unspecified atom stereocenters. The zero-order valence-corrected chi connectivity index (χ0v) is 14.5. The third-order valence-corrected chi connectivity index (χ3v) is 4.54. The van der Waals surface area contributed by atoms with Gasteiger partial charge in [-0.15, -0.1) is 0 Å². The number of hydrogen-bond acceptors (Lipinski definition) is 5. The van der Waals surface area contributed by atoms with E-state index in [4.69, 9.17) is 14.4 Å². The third kappa shape index (κ3) is 3.33. The van der Waals surface area contributed by atoms with Crippen molar-refractivity contribution < 1.29 is 9.26 Å². The molecule has 23 heavy (non-hydrogen) atoms. The monoisotopic (exact) mass is 318 g/mol. The molecule has 0 radical (unpaired) electrons. The standard InChI is InChI=1S/C17H26N4O2/c1-5-21-9-14-7-20(10-16-12(3)19-23-13(16)4)8-15(11-22-6-2)17(14)18-21/h9,15H,5-8,10-11H2,1-4H3. The Morgan fingerprint density at radius 2 is 2.17 bits per heavy atom. The van der Waals surface area contributed by atoms with Crippen molar-refractivity contribution in [2.24, 2.45) is 0 Å². The van der Waals surface area contributed by atoms with Gasteiger partial charge >= 0.3 is 0 Å². The number of rotatable bonds is 6. The van der Waals surface area contributed by atoms with Crippen LogP contribution >= 0.6 is 0 Å². The van der Waals surface area contributed by atoms with E-state index in [1.165, 1.54) is 16.8 Å². The minimum absolute atomic E-state index is 0.326. The summed E-state index contributed by atoms with van der Waals surface area (Å²) in [4.78, 5) is 2.44. The molecular weight excluding hydrogens is 292 g/mol. The van der Waals surface area contributed by atoms with Crippen LogP contribution in [0.25, 0.3) is 0 Å². The Hall–Kier alpha value is -1.66. The van der Waals surface area contributed by atoms with E-state index in [1.54, 1.807) is 0 Å². The molecule has 3 rings (SSSR count). The van der Waals surface area contributed by atoms with Crippen molar-refractivity contribution in [1.82, 2.24) is 19.8 Å². The van der Waals surface area contributed by atoms with Crippen LogP contribution in [-0.2, 0) is 24.4 Å². The molecule has 0 N–H and O–H groups in total. The van der Waals surface area contributed by atoms with Crippen LogP contribution in [0.1, 0.15) is 48.0 Å². The second-order valence-corrected chi connectivity index (χ2v) is 6.22. The normalized spacial score (nSPS) is 18.3. The Labute approximate surface area is 137 Å². The lowest BCUT2D eigenvalue weighted by Crippen LogP contribution is -2.35. The Bertz CT molecular complexity index is 642. The molecule has 0 bridgehead atoms. The quantitative estimate of drug-likeness (QED) is 0.819. The summed E-state index contributed by atoms with van der Waals surface area (Å²) in [6.45, 7) is 13.3. The highest BCUT2D eigenvalue weighted by atomic mass is 16.5. The summed E-state index contributed by atoms with van der Waals surface area (Å²) in [6, 6.07) is 0. The molecule has 0 amide bonds. The highest BCUT2D eigenvalue weighted by molar-refractivity contribution is 5.26. The number of hydrogen-bond donors (Lipinski definition) is 0. The van der Waals surface area contributed by atoms with Gasteiger partial charge in [0.25, 0.3) is 0 Å². The number of aromatic nitrogens is 3. The second-order valence-electron chi connectivity index (χ2n) is 6.22. The fraction of sp³-hybridized carbons (Fsp3) is 0.647. The Balaban J connectivity index is 1.81. The predicted molar refractivity (Wildman–Crippen MR) is 87.2 cm³/mol. The van der Waals surface area contributed by atoms with Gasteiger partial charge in [-0.3, -0.25) is 9.58 Å². The maximum atomic E-state index is 5.70. The summed E-state index contributed by atoms with van der Waals surface area (Å²) in [6.07, 6.45) is 2.17. The van der Waals surface area contributed by atoms with Gasteiger partial charge in [0.15, 0.2) is 0 Å². The van der Waals surface area contributed by atoms with Crippen molar-refractivity contribution >= 4 is 0 Å². The molecule has 1 aliphatic rings. The largest absolute Gasteiger partial charge is 0.381 e. The molecule has 2 aromatic rings. The van der Waals surface area contributed by atoms with Gasteiger partial charge in [-0.1, -0.05) is 5.16 Å². The smallest absolute Gasteiger partial charge is 0.138 e. The molecule has 3 heterocycles. The van der Waals surface area contributed by atoms with Gasteiger partial charge < -0.3 is 9.26 Å². The lowest BCUT2D eigenvalue weighted by molar-refractivity contribution is 0.104. The summed E-state index contributed by atoms with van der Waals surface area (Å²) in [5.74, 6) is 1.24. The molecule has 2 aromatic heterocycles. The van der Waals surface area contributed by atoms with Gasteiger partial charge in [0.05, 0.1) is 18.0 Å². The lowest BCUT2D eigenvalue weighted by Gasteiger charge is -2.31. The van der Waals surface area contributed by atoms with Crippen molar-refractivity contribution in [3.05, 3.63) is 34.5 Å². The molecule has 0 aliphatic carbocycles. The highest BCUT2D eigenvalue weighted by Crippen LogP contribution is 2.29. The topological polar surface area (TPSA) is 56.3 Å². The molecule has 1 atom stereocenters. The lowest BCUT2D eigenvalue weighted by atomic mass is 9.96. The molecule has 126 valence electrons. The molecule has 0 saturated carbocycles. The van der Waals surface area contributed by atoms with Crippen molar-refractivity contribution in [2.45, 2.75) is 53.2 Å². The van der Waals surface area contributed by atoms with E-state index in [-0.39, 0.29) is 0 Å². The van der Waals surface area contributed by atoms with Crippen molar-refractivity contribution in [1.29, 1.82) is 0 Å².